The number of fused-ring (bicyclic) bond motifs is 1. The summed E-state index contributed by atoms with van der Waals surface area (Å²) in [6.07, 6.45) is 3.69. The van der Waals surface area contributed by atoms with Crippen molar-refractivity contribution in [2.75, 3.05) is 19.0 Å². The number of para-hydroxylation sites is 1. The lowest BCUT2D eigenvalue weighted by atomic mass is 9.95. The monoisotopic (exact) mass is 325 g/mol. The van der Waals surface area contributed by atoms with E-state index in [2.05, 4.69) is 26.4 Å². The number of H-pyrrole nitrogens is 1. The zero-order chi connectivity index (χ0) is 16.7. The Labute approximate surface area is 138 Å². The first kappa shape index (κ1) is 14.7. The van der Waals surface area contributed by atoms with Crippen molar-refractivity contribution >= 4 is 17.0 Å². The molecule has 1 aliphatic carbocycles. The smallest absolute Gasteiger partial charge is 0.263 e. The van der Waals surface area contributed by atoms with Crippen LogP contribution in [-0.2, 0) is 12.5 Å². The summed E-state index contributed by atoms with van der Waals surface area (Å²) in [7, 11) is 3.47. The minimum absolute atomic E-state index is 0.0343. The van der Waals surface area contributed by atoms with Crippen LogP contribution in [0.4, 0.5) is 5.95 Å². The summed E-state index contributed by atoms with van der Waals surface area (Å²) in [6, 6.07) is 8.09. The van der Waals surface area contributed by atoms with E-state index in [1.165, 1.54) is 11.8 Å². The summed E-state index contributed by atoms with van der Waals surface area (Å²) in [4.78, 5) is 19.4. The van der Waals surface area contributed by atoms with E-state index in [1.54, 1.807) is 18.8 Å². The Kier molecular flexibility index (Phi) is 3.30. The number of benzene rings is 1. The number of methoxy groups -OCH3 is 1. The van der Waals surface area contributed by atoms with Crippen molar-refractivity contribution in [3.63, 3.8) is 0 Å². The fourth-order valence-electron chi connectivity index (χ4n) is 3.14. The predicted molar refractivity (Wildman–Crippen MR) is 91.5 cm³/mol. The molecule has 3 aromatic rings. The van der Waals surface area contributed by atoms with Crippen LogP contribution >= 0.6 is 0 Å². The molecule has 0 aliphatic heterocycles. The fourth-order valence-corrected chi connectivity index (χ4v) is 3.14. The SMILES string of the molecule is COc1ccccc1C1(CNc2nc3c(cnn3C)c(=O)[nH]2)CC1. The Hall–Kier alpha value is -2.83. The number of rotatable bonds is 5. The standard InChI is InChI=1S/C17H19N5O2/c1-22-14-11(9-19-22)15(23)21-16(20-14)18-10-17(7-8-17)12-5-3-4-6-13(12)24-2/h3-6,9H,7-8,10H2,1-2H3,(H2,18,20,21,23). The van der Waals surface area contributed by atoms with Gasteiger partial charge < -0.3 is 10.1 Å². The molecule has 1 saturated carbocycles. The Bertz CT molecular complexity index is 955. The zero-order valence-corrected chi connectivity index (χ0v) is 13.7. The van der Waals surface area contributed by atoms with Crippen LogP contribution in [0.2, 0.25) is 0 Å². The summed E-state index contributed by atoms with van der Waals surface area (Å²) in [6.45, 7) is 0.694. The second kappa shape index (κ2) is 5.36. The molecule has 0 bridgehead atoms. The molecule has 1 aliphatic rings. The number of aryl methyl sites for hydroxylation is 1. The van der Waals surface area contributed by atoms with Crippen LogP contribution in [-0.4, -0.2) is 33.4 Å². The molecule has 24 heavy (non-hydrogen) atoms. The number of nitrogens with one attached hydrogen (secondary N) is 2. The molecule has 0 unspecified atom stereocenters. The highest BCUT2D eigenvalue weighted by atomic mass is 16.5. The molecular weight excluding hydrogens is 306 g/mol. The molecule has 124 valence electrons. The lowest BCUT2D eigenvalue weighted by Crippen LogP contribution is -2.23. The topological polar surface area (TPSA) is 84.8 Å². The first-order valence-electron chi connectivity index (χ1n) is 7.92. The molecule has 0 radical (unpaired) electrons. The third-order valence-electron chi connectivity index (χ3n) is 4.73. The second-order valence-electron chi connectivity index (χ2n) is 6.25. The van der Waals surface area contributed by atoms with Crippen LogP contribution in [0, 0.1) is 0 Å². The largest absolute Gasteiger partial charge is 0.496 e. The summed E-state index contributed by atoms with van der Waals surface area (Å²) >= 11 is 0. The maximum absolute atomic E-state index is 12.1. The van der Waals surface area contributed by atoms with E-state index in [4.69, 9.17) is 4.74 Å². The van der Waals surface area contributed by atoms with Gasteiger partial charge in [-0.2, -0.15) is 10.1 Å². The normalized spacial score (nSPS) is 15.4. The number of hydrogen-bond donors (Lipinski definition) is 2. The van der Waals surface area contributed by atoms with E-state index in [9.17, 15) is 4.79 Å². The van der Waals surface area contributed by atoms with Gasteiger partial charge in [-0.05, 0) is 18.9 Å². The van der Waals surface area contributed by atoms with Gasteiger partial charge in [-0.1, -0.05) is 18.2 Å². The Morgan fingerprint density at radius 1 is 1.38 bits per heavy atom. The molecule has 2 heterocycles. The molecule has 0 atom stereocenters. The van der Waals surface area contributed by atoms with E-state index in [-0.39, 0.29) is 11.0 Å². The van der Waals surface area contributed by atoms with Crippen LogP contribution in [0.5, 0.6) is 5.75 Å². The quantitative estimate of drug-likeness (QED) is 0.747. The van der Waals surface area contributed by atoms with Crippen molar-refractivity contribution < 1.29 is 4.74 Å². The van der Waals surface area contributed by atoms with Crippen molar-refractivity contribution in [3.8, 4) is 5.75 Å². The first-order chi connectivity index (χ1) is 11.6. The van der Waals surface area contributed by atoms with Gasteiger partial charge in [0.2, 0.25) is 5.95 Å². The molecule has 1 fully saturated rings. The van der Waals surface area contributed by atoms with Gasteiger partial charge in [-0.25, -0.2) is 0 Å². The van der Waals surface area contributed by atoms with Gasteiger partial charge in [0, 0.05) is 24.6 Å². The van der Waals surface area contributed by atoms with Gasteiger partial charge >= 0.3 is 0 Å². The summed E-state index contributed by atoms with van der Waals surface area (Å²) in [5.74, 6) is 1.37. The first-order valence-corrected chi connectivity index (χ1v) is 7.92. The minimum atomic E-state index is -0.183. The van der Waals surface area contributed by atoms with Gasteiger partial charge in [0.15, 0.2) is 5.65 Å². The molecule has 0 amide bonds. The highest BCUT2D eigenvalue weighted by Crippen LogP contribution is 2.51. The number of ether oxygens (including phenoxy) is 1. The van der Waals surface area contributed by atoms with Crippen molar-refractivity contribution in [2.45, 2.75) is 18.3 Å². The Balaban J connectivity index is 1.61. The van der Waals surface area contributed by atoms with E-state index < -0.39 is 0 Å². The third kappa shape index (κ3) is 2.33. The highest BCUT2D eigenvalue weighted by Gasteiger charge is 2.45. The van der Waals surface area contributed by atoms with Crippen LogP contribution in [0.3, 0.4) is 0 Å². The Morgan fingerprint density at radius 3 is 2.92 bits per heavy atom. The molecule has 2 N–H and O–H groups in total. The maximum Gasteiger partial charge on any atom is 0.263 e. The van der Waals surface area contributed by atoms with Gasteiger partial charge in [0.25, 0.3) is 5.56 Å². The second-order valence-corrected chi connectivity index (χ2v) is 6.25. The molecule has 0 spiro atoms. The summed E-state index contributed by atoms with van der Waals surface area (Å²) in [5.41, 5.74) is 1.62. The van der Waals surface area contributed by atoms with Gasteiger partial charge in [0.05, 0.1) is 13.3 Å². The van der Waals surface area contributed by atoms with Gasteiger partial charge in [-0.3, -0.25) is 14.5 Å². The van der Waals surface area contributed by atoms with Crippen molar-refractivity contribution in [2.24, 2.45) is 7.05 Å². The number of aromatic amines is 1. The molecule has 1 aromatic carbocycles. The molecule has 0 saturated heterocycles. The average Bonchev–Trinajstić information content (AvgIpc) is 3.30. The van der Waals surface area contributed by atoms with Gasteiger partial charge in [-0.15, -0.1) is 0 Å². The van der Waals surface area contributed by atoms with E-state index in [1.807, 2.05) is 18.2 Å². The zero-order valence-electron chi connectivity index (χ0n) is 13.7. The lowest BCUT2D eigenvalue weighted by Gasteiger charge is -2.19. The number of aromatic nitrogens is 4. The van der Waals surface area contributed by atoms with Crippen LogP contribution in [0.1, 0.15) is 18.4 Å². The maximum atomic E-state index is 12.1. The lowest BCUT2D eigenvalue weighted by molar-refractivity contribution is 0.404. The van der Waals surface area contributed by atoms with Crippen LogP contribution in [0.15, 0.2) is 35.3 Å². The number of nitrogens with zero attached hydrogens (tertiary/aromatic N) is 3. The van der Waals surface area contributed by atoms with Gasteiger partial charge in [0.1, 0.15) is 11.1 Å². The van der Waals surface area contributed by atoms with E-state index in [0.717, 1.165) is 18.6 Å². The number of anilines is 1. The van der Waals surface area contributed by atoms with Crippen LogP contribution in [0.25, 0.3) is 11.0 Å². The Morgan fingerprint density at radius 2 is 2.17 bits per heavy atom. The molecule has 7 heteroatoms. The molecule has 2 aromatic heterocycles. The molecule has 7 nitrogen and oxygen atoms in total. The van der Waals surface area contributed by atoms with Crippen LogP contribution < -0.4 is 15.6 Å². The third-order valence-corrected chi connectivity index (χ3v) is 4.73. The predicted octanol–water partition coefficient (Wildman–Crippen LogP) is 1.81. The van der Waals surface area contributed by atoms with E-state index in [0.29, 0.717) is 23.5 Å². The summed E-state index contributed by atoms with van der Waals surface area (Å²) < 4.78 is 7.09. The fraction of sp³-hybridized carbons (Fsp3) is 0.353. The molecular formula is C17H19N5O2. The van der Waals surface area contributed by atoms with Crippen molar-refractivity contribution in [1.29, 1.82) is 0 Å². The van der Waals surface area contributed by atoms with Crippen molar-refractivity contribution in [3.05, 3.63) is 46.4 Å². The average molecular weight is 325 g/mol. The minimum Gasteiger partial charge on any atom is -0.496 e. The van der Waals surface area contributed by atoms with E-state index >= 15 is 0 Å². The van der Waals surface area contributed by atoms with Crippen molar-refractivity contribution in [1.82, 2.24) is 19.7 Å². The summed E-state index contributed by atoms with van der Waals surface area (Å²) in [5, 5.41) is 7.86. The number of hydrogen-bond acceptors (Lipinski definition) is 5. The molecule has 4 rings (SSSR count). The highest BCUT2D eigenvalue weighted by molar-refractivity contribution is 5.74.